The zero-order valence-electron chi connectivity index (χ0n) is 9.13. The summed E-state index contributed by atoms with van der Waals surface area (Å²) < 4.78 is 5.56. The lowest BCUT2D eigenvalue weighted by molar-refractivity contribution is -0.0419. The van der Waals surface area contributed by atoms with Crippen LogP contribution in [0.15, 0.2) is 0 Å². The van der Waals surface area contributed by atoms with Gasteiger partial charge in [-0.1, -0.05) is 13.8 Å². The fourth-order valence-electron chi connectivity index (χ4n) is 3.08. The summed E-state index contributed by atoms with van der Waals surface area (Å²) in [6.45, 7) is 6.87. The molecule has 4 unspecified atom stereocenters. The monoisotopic (exact) mass is 183 g/mol. The van der Waals surface area contributed by atoms with Crippen LogP contribution in [0.3, 0.4) is 0 Å². The highest BCUT2D eigenvalue weighted by atomic mass is 16.5. The van der Waals surface area contributed by atoms with Gasteiger partial charge in [-0.25, -0.2) is 0 Å². The molecule has 0 aliphatic heterocycles. The number of hydrogen-bond donors (Lipinski definition) is 1. The molecule has 0 aromatic rings. The zero-order chi connectivity index (χ0) is 9.85. The van der Waals surface area contributed by atoms with Crippen molar-refractivity contribution in [3.8, 4) is 0 Å². The Labute approximate surface area is 80.8 Å². The molecule has 0 amide bonds. The molecule has 0 bridgehead atoms. The van der Waals surface area contributed by atoms with E-state index in [1.807, 2.05) is 0 Å². The van der Waals surface area contributed by atoms with E-state index in [1.54, 1.807) is 7.11 Å². The van der Waals surface area contributed by atoms with Crippen molar-refractivity contribution in [1.82, 2.24) is 0 Å². The van der Waals surface area contributed by atoms with Crippen molar-refractivity contribution in [3.63, 3.8) is 0 Å². The Hall–Kier alpha value is -0.0800. The van der Waals surface area contributed by atoms with Gasteiger partial charge in [-0.3, -0.25) is 0 Å². The van der Waals surface area contributed by atoms with Crippen molar-refractivity contribution in [2.24, 2.45) is 23.0 Å². The second kappa shape index (κ2) is 2.48. The van der Waals surface area contributed by atoms with Gasteiger partial charge in [0.25, 0.3) is 0 Å². The molecule has 2 heteroatoms. The van der Waals surface area contributed by atoms with E-state index in [0.717, 1.165) is 24.7 Å². The SMILES string of the molecule is COC1(C)CC2C(CC1N)C2(C)C. The molecular formula is C11H21NO. The van der Waals surface area contributed by atoms with Gasteiger partial charge in [0, 0.05) is 13.2 Å². The van der Waals surface area contributed by atoms with E-state index >= 15 is 0 Å². The molecule has 0 saturated heterocycles. The lowest BCUT2D eigenvalue weighted by atomic mass is 9.82. The summed E-state index contributed by atoms with van der Waals surface area (Å²) in [4.78, 5) is 0. The van der Waals surface area contributed by atoms with E-state index in [4.69, 9.17) is 10.5 Å². The predicted molar refractivity (Wildman–Crippen MR) is 53.4 cm³/mol. The van der Waals surface area contributed by atoms with Gasteiger partial charge in [-0.2, -0.15) is 0 Å². The van der Waals surface area contributed by atoms with Crippen LogP contribution in [-0.4, -0.2) is 18.8 Å². The minimum Gasteiger partial charge on any atom is -0.377 e. The minimum absolute atomic E-state index is 0.0745. The molecule has 0 aromatic heterocycles. The number of fused-ring (bicyclic) bond motifs is 1. The molecule has 2 aliphatic carbocycles. The van der Waals surface area contributed by atoms with Crippen LogP contribution in [-0.2, 0) is 4.74 Å². The van der Waals surface area contributed by atoms with Crippen molar-refractivity contribution >= 4 is 0 Å². The standard InChI is InChI=1S/C11H21NO/c1-10(2)7-5-9(12)11(3,13-4)6-8(7)10/h7-9H,5-6,12H2,1-4H3. The van der Waals surface area contributed by atoms with Crippen molar-refractivity contribution in [1.29, 1.82) is 0 Å². The zero-order valence-corrected chi connectivity index (χ0v) is 9.13. The van der Waals surface area contributed by atoms with E-state index in [9.17, 15) is 0 Å². The molecule has 2 saturated carbocycles. The second-order valence-electron chi connectivity index (χ2n) is 5.60. The molecule has 76 valence electrons. The smallest absolute Gasteiger partial charge is 0.0803 e. The van der Waals surface area contributed by atoms with Gasteiger partial charge in [-0.15, -0.1) is 0 Å². The maximum Gasteiger partial charge on any atom is 0.0803 e. The first-order valence-corrected chi connectivity index (χ1v) is 5.22. The van der Waals surface area contributed by atoms with Gasteiger partial charge in [0.15, 0.2) is 0 Å². The van der Waals surface area contributed by atoms with Crippen LogP contribution in [0.1, 0.15) is 33.6 Å². The summed E-state index contributed by atoms with van der Waals surface area (Å²) in [5, 5.41) is 0. The highest BCUT2D eigenvalue weighted by Crippen LogP contribution is 2.66. The van der Waals surface area contributed by atoms with Crippen molar-refractivity contribution in [2.75, 3.05) is 7.11 Å². The summed E-state index contributed by atoms with van der Waals surface area (Å²) >= 11 is 0. The van der Waals surface area contributed by atoms with Crippen LogP contribution in [0.25, 0.3) is 0 Å². The Morgan fingerprint density at radius 2 is 1.85 bits per heavy atom. The normalized spacial score (nSPS) is 52.8. The Kier molecular flexibility index (Phi) is 1.81. The van der Waals surface area contributed by atoms with Gasteiger partial charge in [0.05, 0.1) is 5.60 Å². The molecule has 2 nitrogen and oxygen atoms in total. The predicted octanol–water partition coefficient (Wildman–Crippen LogP) is 1.78. The molecule has 0 radical (unpaired) electrons. The fraction of sp³-hybridized carbons (Fsp3) is 1.00. The Balaban J connectivity index is 2.13. The lowest BCUT2D eigenvalue weighted by Crippen LogP contribution is -2.49. The lowest BCUT2D eigenvalue weighted by Gasteiger charge is -2.37. The molecular weight excluding hydrogens is 162 g/mol. The Bertz CT molecular complexity index is 226. The largest absolute Gasteiger partial charge is 0.377 e. The number of rotatable bonds is 1. The summed E-state index contributed by atoms with van der Waals surface area (Å²) in [5.74, 6) is 1.70. The second-order valence-corrected chi connectivity index (χ2v) is 5.60. The minimum atomic E-state index is -0.0745. The highest BCUT2D eigenvalue weighted by molar-refractivity contribution is 5.14. The van der Waals surface area contributed by atoms with Gasteiger partial charge in [0.1, 0.15) is 0 Å². The van der Waals surface area contributed by atoms with Gasteiger partial charge in [0.2, 0.25) is 0 Å². The molecule has 4 atom stereocenters. The molecule has 2 aliphatic rings. The topological polar surface area (TPSA) is 35.2 Å². The van der Waals surface area contributed by atoms with Crippen LogP contribution in [0.5, 0.6) is 0 Å². The fourth-order valence-corrected chi connectivity index (χ4v) is 3.08. The molecule has 2 rings (SSSR count). The summed E-state index contributed by atoms with van der Waals surface area (Å²) in [5.41, 5.74) is 6.58. The molecule has 2 fully saturated rings. The molecule has 0 heterocycles. The maximum absolute atomic E-state index is 6.14. The molecule has 0 spiro atoms. The number of hydrogen-bond acceptors (Lipinski definition) is 2. The van der Waals surface area contributed by atoms with Gasteiger partial charge < -0.3 is 10.5 Å². The van der Waals surface area contributed by atoms with Gasteiger partial charge in [-0.05, 0) is 37.0 Å². The highest BCUT2D eigenvalue weighted by Gasteiger charge is 2.63. The van der Waals surface area contributed by atoms with E-state index in [-0.39, 0.29) is 11.6 Å². The van der Waals surface area contributed by atoms with E-state index in [0.29, 0.717) is 5.41 Å². The summed E-state index contributed by atoms with van der Waals surface area (Å²) in [6, 6.07) is 0.223. The molecule has 0 aromatic carbocycles. The van der Waals surface area contributed by atoms with Crippen LogP contribution in [0, 0.1) is 17.3 Å². The van der Waals surface area contributed by atoms with E-state index in [2.05, 4.69) is 20.8 Å². The summed E-state index contributed by atoms with van der Waals surface area (Å²) in [7, 11) is 1.79. The van der Waals surface area contributed by atoms with Crippen LogP contribution >= 0.6 is 0 Å². The third-order valence-electron chi connectivity index (χ3n) is 4.67. The van der Waals surface area contributed by atoms with Crippen LogP contribution in [0.2, 0.25) is 0 Å². The third-order valence-corrected chi connectivity index (χ3v) is 4.67. The van der Waals surface area contributed by atoms with Crippen molar-refractivity contribution in [3.05, 3.63) is 0 Å². The van der Waals surface area contributed by atoms with Crippen LogP contribution in [0.4, 0.5) is 0 Å². The number of nitrogens with two attached hydrogens (primary N) is 1. The Morgan fingerprint density at radius 1 is 1.23 bits per heavy atom. The first-order valence-electron chi connectivity index (χ1n) is 5.22. The number of ether oxygens (including phenoxy) is 1. The average molecular weight is 183 g/mol. The van der Waals surface area contributed by atoms with E-state index < -0.39 is 0 Å². The van der Waals surface area contributed by atoms with Gasteiger partial charge >= 0.3 is 0 Å². The van der Waals surface area contributed by atoms with Crippen molar-refractivity contribution in [2.45, 2.75) is 45.3 Å². The molecule has 2 N–H and O–H groups in total. The quantitative estimate of drug-likeness (QED) is 0.672. The summed E-state index contributed by atoms with van der Waals surface area (Å²) in [6.07, 6.45) is 2.28. The first-order chi connectivity index (χ1) is 5.92. The van der Waals surface area contributed by atoms with E-state index in [1.165, 1.54) is 0 Å². The average Bonchev–Trinajstić information content (AvgIpc) is 2.56. The number of methoxy groups -OCH3 is 1. The first kappa shape index (κ1) is 9.47. The maximum atomic E-state index is 6.14. The van der Waals surface area contributed by atoms with Crippen molar-refractivity contribution < 1.29 is 4.74 Å². The van der Waals surface area contributed by atoms with Crippen LogP contribution < -0.4 is 5.73 Å². The Morgan fingerprint density at radius 3 is 2.38 bits per heavy atom. The third kappa shape index (κ3) is 1.15. The molecule has 13 heavy (non-hydrogen) atoms.